The smallest absolute Gasteiger partial charge is 0.0702 e. The summed E-state index contributed by atoms with van der Waals surface area (Å²) in [7, 11) is 0. The van der Waals surface area contributed by atoms with Crippen LogP contribution in [0.5, 0.6) is 0 Å². The summed E-state index contributed by atoms with van der Waals surface area (Å²) in [5.41, 5.74) is 4.84. The van der Waals surface area contributed by atoms with Crippen molar-refractivity contribution in [3.63, 3.8) is 0 Å². The first-order valence-electron chi connectivity index (χ1n) is 10.5. The van der Waals surface area contributed by atoms with E-state index in [1.165, 1.54) is 54.8 Å². The van der Waals surface area contributed by atoms with E-state index in [4.69, 9.17) is 0 Å². The van der Waals surface area contributed by atoms with Gasteiger partial charge in [-0.05, 0) is 60.7 Å². The lowest BCUT2D eigenvalue weighted by Crippen LogP contribution is -2.47. The molecular formula is C24H28N4. The van der Waals surface area contributed by atoms with E-state index in [-0.39, 0.29) is 0 Å². The molecular weight excluding hydrogens is 344 g/mol. The number of benzene rings is 2. The van der Waals surface area contributed by atoms with Gasteiger partial charge in [-0.3, -0.25) is 9.88 Å². The van der Waals surface area contributed by atoms with Gasteiger partial charge in [0.15, 0.2) is 0 Å². The minimum atomic E-state index is 0.823. The number of anilines is 2. The third-order valence-corrected chi connectivity index (χ3v) is 5.96. The fourth-order valence-electron chi connectivity index (χ4n) is 4.11. The molecule has 0 unspecified atom stereocenters. The normalized spacial score (nSPS) is 17.8. The molecule has 28 heavy (non-hydrogen) atoms. The topological polar surface area (TPSA) is 31.4 Å². The van der Waals surface area contributed by atoms with E-state index in [9.17, 15) is 0 Å². The van der Waals surface area contributed by atoms with Crippen molar-refractivity contribution in [1.29, 1.82) is 0 Å². The van der Waals surface area contributed by atoms with Crippen molar-refractivity contribution >= 4 is 22.3 Å². The monoisotopic (exact) mass is 372 g/mol. The van der Waals surface area contributed by atoms with Crippen molar-refractivity contribution in [2.45, 2.75) is 19.4 Å². The molecule has 144 valence electrons. The van der Waals surface area contributed by atoms with Gasteiger partial charge in [0.25, 0.3) is 0 Å². The van der Waals surface area contributed by atoms with E-state index >= 15 is 0 Å². The Hall–Kier alpha value is -2.59. The first kappa shape index (κ1) is 17.5. The quantitative estimate of drug-likeness (QED) is 0.696. The SMILES string of the molecule is c1cc(NCc2ccc3ncccc3c2)cc(N2CCN(CC3CC3)CC2)c1. The number of fused-ring (bicyclic) bond motifs is 1. The van der Waals surface area contributed by atoms with E-state index in [0.29, 0.717) is 0 Å². The highest BCUT2D eigenvalue weighted by atomic mass is 15.3. The summed E-state index contributed by atoms with van der Waals surface area (Å²) in [5, 5.41) is 4.78. The van der Waals surface area contributed by atoms with E-state index in [0.717, 1.165) is 31.1 Å². The van der Waals surface area contributed by atoms with Crippen molar-refractivity contribution < 1.29 is 0 Å². The molecule has 2 aromatic carbocycles. The molecule has 0 spiro atoms. The van der Waals surface area contributed by atoms with E-state index in [1.54, 1.807) is 0 Å². The molecule has 4 nitrogen and oxygen atoms in total. The number of hydrogen-bond donors (Lipinski definition) is 1. The third kappa shape index (κ3) is 4.12. The van der Waals surface area contributed by atoms with Gasteiger partial charge >= 0.3 is 0 Å². The molecule has 0 radical (unpaired) electrons. The lowest BCUT2D eigenvalue weighted by atomic mass is 10.1. The van der Waals surface area contributed by atoms with Gasteiger partial charge in [-0.1, -0.05) is 18.2 Å². The Morgan fingerprint density at radius 3 is 2.68 bits per heavy atom. The predicted octanol–water partition coefficient (Wildman–Crippen LogP) is 4.38. The van der Waals surface area contributed by atoms with Crippen LogP contribution >= 0.6 is 0 Å². The molecule has 4 heteroatoms. The number of rotatable bonds is 6. The van der Waals surface area contributed by atoms with Crippen LogP contribution < -0.4 is 10.2 Å². The molecule has 0 bridgehead atoms. The Morgan fingerprint density at radius 2 is 1.82 bits per heavy atom. The van der Waals surface area contributed by atoms with Crippen molar-refractivity contribution in [3.05, 3.63) is 66.4 Å². The predicted molar refractivity (Wildman–Crippen MR) is 117 cm³/mol. The minimum absolute atomic E-state index is 0.823. The summed E-state index contributed by atoms with van der Waals surface area (Å²) in [6.45, 7) is 6.79. The highest BCUT2D eigenvalue weighted by Crippen LogP contribution is 2.30. The van der Waals surface area contributed by atoms with Gasteiger partial charge in [-0.2, -0.15) is 0 Å². The Kier molecular flexibility index (Phi) is 4.88. The van der Waals surface area contributed by atoms with Crippen molar-refractivity contribution in [3.8, 4) is 0 Å². The molecule has 1 saturated carbocycles. The number of piperazine rings is 1. The second-order valence-electron chi connectivity index (χ2n) is 8.17. The van der Waals surface area contributed by atoms with Crippen LogP contribution in [0.15, 0.2) is 60.8 Å². The lowest BCUT2D eigenvalue weighted by molar-refractivity contribution is 0.248. The van der Waals surface area contributed by atoms with Gasteiger partial charge in [0.2, 0.25) is 0 Å². The molecule has 1 N–H and O–H groups in total. The Morgan fingerprint density at radius 1 is 0.929 bits per heavy atom. The Labute approximate surface area is 167 Å². The molecule has 0 atom stereocenters. The summed E-state index contributed by atoms with van der Waals surface area (Å²) in [4.78, 5) is 9.57. The molecule has 1 aliphatic heterocycles. The van der Waals surface area contributed by atoms with Crippen LogP contribution in [0, 0.1) is 5.92 Å². The number of aromatic nitrogens is 1. The number of nitrogens with zero attached hydrogens (tertiary/aromatic N) is 3. The van der Waals surface area contributed by atoms with Crippen molar-refractivity contribution in [2.24, 2.45) is 5.92 Å². The first-order chi connectivity index (χ1) is 13.8. The Bertz CT molecular complexity index is 942. The number of hydrogen-bond acceptors (Lipinski definition) is 4. The Balaban J connectivity index is 1.20. The first-order valence-corrected chi connectivity index (χ1v) is 10.5. The molecule has 3 aromatic rings. The van der Waals surface area contributed by atoms with Gasteiger partial charge in [0.1, 0.15) is 0 Å². The molecule has 2 fully saturated rings. The van der Waals surface area contributed by atoms with Gasteiger partial charge in [-0.15, -0.1) is 0 Å². The van der Waals surface area contributed by atoms with Crippen LogP contribution in [0.2, 0.25) is 0 Å². The third-order valence-electron chi connectivity index (χ3n) is 5.96. The van der Waals surface area contributed by atoms with Crippen LogP contribution in [0.3, 0.4) is 0 Å². The van der Waals surface area contributed by atoms with Gasteiger partial charge in [0, 0.05) is 62.2 Å². The van der Waals surface area contributed by atoms with E-state index in [2.05, 4.69) is 68.6 Å². The molecule has 1 aromatic heterocycles. The zero-order valence-electron chi connectivity index (χ0n) is 16.3. The maximum atomic E-state index is 4.40. The molecule has 0 amide bonds. The van der Waals surface area contributed by atoms with Crippen LogP contribution in [0.4, 0.5) is 11.4 Å². The summed E-state index contributed by atoms with van der Waals surface area (Å²) >= 11 is 0. The second-order valence-corrected chi connectivity index (χ2v) is 8.17. The summed E-state index contributed by atoms with van der Waals surface area (Å²) in [5.74, 6) is 0.991. The summed E-state index contributed by atoms with van der Waals surface area (Å²) in [6, 6.07) is 19.5. The van der Waals surface area contributed by atoms with Gasteiger partial charge in [-0.25, -0.2) is 0 Å². The average Bonchev–Trinajstić information content (AvgIpc) is 3.57. The van der Waals surface area contributed by atoms with Crippen molar-refractivity contribution in [2.75, 3.05) is 42.9 Å². The highest BCUT2D eigenvalue weighted by molar-refractivity contribution is 5.79. The standard InChI is InChI=1S/C24H28N4/c1-4-22(26-17-20-8-9-24-21(15-20)3-2-10-25-24)16-23(5-1)28-13-11-27(12-14-28)18-19-6-7-19/h1-5,8-10,15-16,19,26H,6-7,11-14,17-18H2. The molecule has 5 rings (SSSR count). The zero-order valence-corrected chi connectivity index (χ0v) is 16.3. The van der Waals surface area contributed by atoms with Crippen LogP contribution in [0.25, 0.3) is 10.9 Å². The highest BCUT2D eigenvalue weighted by Gasteiger charge is 2.26. The van der Waals surface area contributed by atoms with Crippen molar-refractivity contribution in [1.82, 2.24) is 9.88 Å². The number of pyridine rings is 1. The maximum Gasteiger partial charge on any atom is 0.0702 e. The fourth-order valence-corrected chi connectivity index (χ4v) is 4.11. The second kappa shape index (κ2) is 7.80. The molecule has 1 saturated heterocycles. The van der Waals surface area contributed by atoms with Crippen LogP contribution in [0.1, 0.15) is 18.4 Å². The largest absolute Gasteiger partial charge is 0.381 e. The summed E-state index contributed by atoms with van der Waals surface area (Å²) < 4.78 is 0. The fraction of sp³-hybridized carbons (Fsp3) is 0.375. The van der Waals surface area contributed by atoms with Crippen LogP contribution in [-0.4, -0.2) is 42.6 Å². The minimum Gasteiger partial charge on any atom is -0.381 e. The maximum absolute atomic E-state index is 4.40. The average molecular weight is 373 g/mol. The molecule has 2 heterocycles. The number of nitrogens with one attached hydrogen (secondary N) is 1. The molecule has 2 aliphatic rings. The van der Waals surface area contributed by atoms with Gasteiger partial charge < -0.3 is 10.2 Å². The van der Waals surface area contributed by atoms with Crippen LogP contribution in [-0.2, 0) is 6.54 Å². The van der Waals surface area contributed by atoms with Gasteiger partial charge in [0.05, 0.1) is 5.52 Å². The zero-order chi connectivity index (χ0) is 18.8. The summed E-state index contributed by atoms with van der Waals surface area (Å²) in [6.07, 6.45) is 4.74. The van der Waals surface area contributed by atoms with E-state index in [1.807, 2.05) is 12.3 Å². The lowest BCUT2D eigenvalue weighted by Gasteiger charge is -2.36. The van der Waals surface area contributed by atoms with E-state index < -0.39 is 0 Å². The molecule has 1 aliphatic carbocycles.